The van der Waals surface area contributed by atoms with Crippen LogP contribution >= 0.6 is 0 Å². The van der Waals surface area contributed by atoms with Crippen LogP contribution in [-0.4, -0.2) is 115 Å². The number of carbonyl (C=O) groups excluding carboxylic acids is 6. The third-order valence-corrected chi connectivity index (χ3v) is 5.73. The lowest BCUT2D eigenvalue weighted by molar-refractivity contribution is -0.144. The van der Waals surface area contributed by atoms with Gasteiger partial charge in [-0.3, -0.25) is 14.4 Å². The van der Waals surface area contributed by atoms with Gasteiger partial charge in [-0.15, -0.1) is 0 Å². The Kier molecular flexibility index (Phi) is 21.2. The normalized spacial score (nSPS) is 10.7. The van der Waals surface area contributed by atoms with Crippen LogP contribution in [0.3, 0.4) is 0 Å². The topological polar surface area (TPSA) is 194 Å². The van der Waals surface area contributed by atoms with Gasteiger partial charge >= 0.3 is 17.9 Å². The number of amides is 3. The lowest BCUT2D eigenvalue weighted by atomic mass is 9.88. The van der Waals surface area contributed by atoms with E-state index in [1.54, 1.807) is 0 Å². The third-order valence-electron chi connectivity index (χ3n) is 5.73. The van der Waals surface area contributed by atoms with Crippen molar-refractivity contribution < 1.29 is 57.2 Å². The lowest BCUT2D eigenvalue weighted by Gasteiger charge is -2.32. The molecule has 0 aromatic heterocycles. The van der Waals surface area contributed by atoms with Crippen molar-refractivity contribution >= 4 is 35.6 Å². The van der Waals surface area contributed by atoms with E-state index in [9.17, 15) is 28.8 Å². The van der Waals surface area contributed by atoms with Crippen molar-refractivity contribution in [2.75, 3.05) is 79.1 Å². The number of nitrogens with one attached hydrogen (secondary N) is 3. The average Bonchev–Trinajstić information content (AvgIpc) is 2.99. The Labute approximate surface area is 264 Å². The predicted octanol–water partition coefficient (Wildman–Crippen LogP) is 0.139. The Morgan fingerprint density at radius 1 is 0.533 bits per heavy atom. The zero-order chi connectivity index (χ0) is 34.3. The van der Waals surface area contributed by atoms with Crippen LogP contribution < -0.4 is 16.0 Å². The summed E-state index contributed by atoms with van der Waals surface area (Å²) in [4.78, 5) is 69.8. The summed E-state index contributed by atoms with van der Waals surface area (Å²) in [5.74, 6) is -3.46. The minimum atomic E-state index is -0.661. The second-order valence-corrected chi connectivity index (χ2v) is 10.1. The quantitative estimate of drug-likeness (QED) is 0.0529. The molecule has 0 aliphatic heterocycles. The summed E-state index contributed by atoms with van der Waals surface area (Å²) < 4.78 is 31.8. The van der Waals surface area contributed by atoms with Crippen LogP contribution in [0.4, 0.5) is 0 Å². The molecule has 0 bridgehead atoms. The zero-order valence-electron chi connectivity index (χ0n) is 26.7. The number of carbonyl (C=O) groups is 6. The predicted molar refractivity (Wildman–Crippen MR) is 162 cm³/mol. The van der Waals surface area contributed by atoms with Crippen LogP contribution in [0.1, 0.15) is 34.1 Å². The highest BCUT2D eigenvalue weighted by atomic mass is 16.5. The molecule has 0 rings (SSSR count). The van der Waals surface area contributed by atoms with Gasteiger partial charge in [0.05, 0.1) is 39.6 Å². The van der Waals surface area contributed by atoms with Crippen LogP contribution in [-0.2, 0) is 57.2 Å². The lowest BCUT2D eigenvalue weighted by Crippen LogP contribution is -2.40. The Morgan fingerprint density at radius 2 is 0.800 bits per heavy atom. The number of ether oxygens (including phenoxy) is 6. The van der Waals surface area contributed by atoms with Crippen molar-refractivity contribution in [3.8, 4) is 0 Å². The first-order valence-corrected chi connectivity index (χ1v) is 14.2. The van der Waals surface area contributed by atoms with E-state index in [1.165, 1.54) is 20.8 Å². The summed E-state index contributed by atoms with van der Waals surface area (Å²) in [5.41, 5.74) is -0.0680. The number of hydrogen-bond acceptors (Lipinski definition) is 12. The van der Waals surface area contributed by atoms with E-state index in [4.69, 9.17) is 28.4 Å². The molecule has 15 nitrogen and oxygen atoms in total. The Bertz CT molecular complexity index is 930. The van der Waals surface area contributed by atoms with Gasteiger partial charge in [-0.05, 0) is 27.2 Å². The molecule has 0 fully saturated rings. The maximum Gasteiger partial charge on any atom is 0.333 e. The molecule has 0 saturated carbocycles. The van der Waals surface area contributed by atoms with Crippen LogP contribution in [0.25, 0.3) is 0 Å². The molecular formula is C30H47N3O12. The molecule has 0 aromatic rings. The van der Waals surface area contributed by atoms with Gasteiger partial charge in [-0.2, -0.15) is 0 Å². The fourth-order valence-electron chi connectivity index (χ4n) is 3.00. The summed E-state index contributed by atoms with van der Waals surface area (Å²) in [6, 6.07) is 0. The van der Waals surface area contributed by atoms with Gasteiger partial charge in [0.1, 0.15) is 0 Å². The minimum Gasteiger partial charge on any atom is -0.452 e. The Balaban J connectivity index is 4.77. The van der Waals surface area contributed by atoms with Crippen LogP contribution in [0.15, 0.2) is 36.5 Å². The van der Waals surface area contributed by atoms with E-state index in [-0.39, 0.29) is 76.0 Å². The summed E-state index contributed by atoms with van der Waals surface area (Å²) in [6.45, 7) is 16.9. The van der Waals surface area contributed by atoms with Gasteiger partial charge in [-0.1, -0.05) is 26.7 Å². The average molecular weight is 642 g/mol. The minimum absolute atomic E-state index is 0.153. The summed E-state index contributed by atoms with van der Waals surface area (Å²) in [6.07, 6.45) is 0.572. The Morgan fingerprint density at radius 3 is 1.02 bits per heavy atom. The van der Waals surface area contributed by atoms with E-state index >= 15 is 0 Å². The highest BCUT2D eigenvalue weighted by Crippen LogP contribution is 2.24. The van der Waals surface area contributed by atoms with E-state index in [1.807, 2.05) is 6.92 Å². The maximum atomic E-state index is 11.9. The van der Waals surface area contributed by atoms with Crippen molar-refractivity contribution in [1.29, 1.82) is 0 Å². The van der Waals surface area contributed by atoms with Crippen molar-refractivity contribution in [2.24, 2.45) is 5.41 Å². The van der Waals surface area contributed by atoms with Gasteiger partial charge in [0, 0.05) is 41.8 Å². The van der Waals surface area contributed by atoms with Gasteiger partial charge in [0.25, 0.3) is 17.7 Å². The molecule has 254 valence electrons. The standard InChI is InChI=1S/C30H47N3O12/c1-8-30(18-40-12-9-31-24(34)15-43-27(37)21(2)3,19-41-13-10-32-25(35)16-44-28(38)22(4)5)20-42-14-11-33-26(36)17-45-29(39)23(6)7/h2,4,6,8-20H2,1,3,5,7H3,(H,31,34)(H,32,35)(H,33,36). The van der Waals surface area contributed by atoms with E-state index in [0.717, 1.165) is 0 Å². The fraction of sp³-hybridized carbons (Fsp3) is 0.600. The van der Waals surface area contributed by atoms with E-state index in [0.29, 0.717) is 6.42 Å². The zero-order valence-corrected chi connectivity index (χ0v) is 26.7. The SMILES string of the molecule is C=C(C)C(=O)OCC(=O)NCCOCC(CC)(COCCNC(=O)COC(=O)C(=C)C)COCCNC(=O)COC(=O)C(=C)C. The third kappa shape index (κ3) is 20.5. The highest BCUT2D eigenvalue weighted by Gasteiger charge is 2.30. The molecule has 0 aliphatic rings. The summed E-state index contributed by atoms with van der Waals surface area (Å²) in [5, 5.41) is 7.75. The van der Waals surface area contributed by atoms with Crippen LogP contribution in [0.5, 0.6) is 0 Å². The van der Waals surface area contributed by atoms with Crippen molar-refractivity contribution in [1.82, 2.24) is 16.0 Å². The molecule has 3 amide bonds. The van der Waals surface area contributed by atoms with Gasteiger partial charge < -0.3 is 44.4 Å². The molecule has 15 heteroatoms. The molecular weight excluding hydrogens is 594 g/mol. The molecule has 3 N–H and O–H groups in total. The first-order valence-electron chi connectivity index (χ1n) is 14.2. The monoisotopic (exact) mass is 641 g/mol. The van der Waals surface area contributed by atoms with E-state index < -0.39 is 60.9 Å². The van der Waals surface area contributed by atoms with Gasteiger partial charge in [0.2, 0.25) is 0 Å². The second kappa shape index (κ2) is 23.3. The first kappa shape index (κ1) is 40.9. The van der Waals surface area contributed by atoms with Gasteiger partial charge in [-0.25, -0.2) is 14.4 Å². The molecule has 0 radical (unpaired) electrons. The summed E-state index contributed by atoms with van der Waals surface area (Å²) in [7, 11) is 0. The fourth-order valence-corrected chi connectivity index (χ4v) is 3.00. The number of esters is 3. The molecule has 45 heavy (non-hydrogen) atoms. The molecule has 0 aromatic carbocycles. The molecule has 0 unspecified atom stereocenters. The van der Waals surface area contributed by atoms with Crippen LogP contribution in [0, 0.1) is 5.41 Å². The smallest absolute Gasteiger partial charge is 0.333 e. The van der Waals surface area contributed by atoms with Crippen LogP contribution in [0.2, 0.25) is 0 Å². The Hall–Kier alpha value is -4.08. The highest BCUT2D eigenvalue weighted by molar-refractivity contribution is 5.90. The molecule has 0 aliphatic carbocycles. The van der Waals surface area contributed by atoms with E-state index in [2.05, 4.69) is 35.7 Å². The largest absolute Gasteiger partial charge is 0.452 e. The van der Waals surface area contributed by atoms with Crippen molar-refractivity contribution in [3.05, 3.63) is 36.5 Å². The maximum absolute atomic E-state index is 11.9. The van der Waals surface area contributed by atoms with Crippen molar-refractivity contribution in [3.63, 3.8) is 0 Å². The molecule has 0 saturated heterocycles. The second-order valence-electron chi connectivity index (χ2n) is 10.1. The first-order chi connectivity index (χ1) is 21.2. The van der Waals surface area contributed by atoms with Crippen molar-refractivity contribution in [2.45, 2.75) is 34.1 Å². The van der Waals surface area contributed by atoms with Gasteiger partial charge in [0.15, 0.2) is 19.8 Å². The number of hydrogen-bond donors (Lipinski definition) is 3. The molecule has 0 atom stereocenters. The summed E-state index contributed by atoms with van der Waals surface area (Å²) >= 11 is 0. The molecule has 0 spiro atoms. The number of rotatable bonds is 25. The molecule has 0 heterocycles.